The van der Waals surface area contributed by atoms with Crippen LogP contribution in [0.4, 0.5) is 0 Å². The minimum atomic E-state index is 0.583. The number of fused-ring (bicyclic) bond motifs is 6. The van der Waals surface area contributed by atoms with Gasteiger partial charge in [-0.05, 0) is 58.7 Å². The molecule has 234 valence electrons. The van der Waals surface area contributed by atoms with Gasteiger partial charge in [0.05, 0.1) is 0 Å². The zero-order valence-electron chi connectivity index (χ0n) is 26.7. The molecule has 10 rings (SSSR count). The zero-order valence-corrected chi connectivity index (χ0v) is 26.7. The highest BCUT2D eigenvalue weighted by atomic mass is 16.3. The first kappa shape index (κ1) is 28.2. The molecule has 5 heteroatoms. The molecule has 10 aromatic rings. The Kier molecular flexibility index (Phi) is 6.42. The van der Waals surface area contributed by atoms with Crippen LogP contribution in [0, 0.1) is 0 Å². The van der Waals surface area contributed by atoms with Crippen LogP contribution in [0.2, 0.25) is 0 Å². The molecule has 50 heavy (non-hydrogen) atoms. The predicted molar refractivity (Wildman–Crippen MR) is 202 cm³/mol. The van der Waals surface area contributed by atoms with Crippen molar-refractivity contribution in [3.8, 4) is 56.4 Å². The maximum absolute atomic E-state index is 6.40. The largest absolute Gasteiger partial charge is 0.456 e. The van der Waals surface area contributed by atoms with Crippen LogP contribution >= 0.6 is 0 Å². The van der Waals surface area contributed by atoms with E-state index in [-0.39, 0.29) is 0 Å². The Balaban J connectivity index is 1.16. The molecule has 0 aliphatic carbocycles. The van der Waals surface area contributed by atoms with Gasteiger partial charge in [0.1, 0.15) is 22.3 Å². The first-order valence-electron chi connectivity index (χ1n) is 16.6. The lowest BCUT2D eigenvalue weighted by Gasteiger charge is -2.09. The maximum atomic E-state index is 6.40. The summed E-state index contributed by atoms with van der Waals surface area (Å²) < 4.78 is 12.6. The molecule has 0 bridgehead atoms. The van der Waals surface area contributed by atoms with Crippen molar-refractivity contribution < 1.29 is 8.83 Å². The molecule has 0 fully saturated rings. The third kappa shape index (κ3) is 4.67. The van der Waals surface area contributed by atoms with E-state index in [1.165, 1.54) is 11.1 Å². The van der Waals surface area contributed by atoms with Gasteiger partial charge in [-0.2, -0.15) is 0 Å². The second kappa shape index (κ2) is 11.4. The summed E-state index contributed by atoms with van der Waals surface area (Å²) in [5.41, 5.74) is 10.6. The zero-order chi connectivity index (χ0) is 33.0. The van der Waals surface area contributed by atoms with E-state index in [2.05, 4.69) is 78.9 Å². The summed E-state index contributed by atoms with van der Waals surface area (Å²) in [6.45, 7) is 0. The molecular formula is C45H27N3O2. The fraction of sp³-hybridized carbons (Fsp3) is 0. The van der Waals surface area contributed by atoms with Crippen molar-refractivity contribution in [3.63, 3.8) is 0 Å². The standard InChI is InChI=1S/C45H27N3O2/c1-3-11-28(12-4-1)29-21-23-30(24-22-29)33-16-9-19-39-41(33)36-27-32(25-26-38(36)50-39)44-46-43(31-13-5-2-6-14-31)47-45(48-44)35-17-10-20-40-42(35)34-15-7-8-18-37(34)49-40/h1-27H. The van der Waals surface area contributed by atoms with E-state index in [9.17, 15) is 0 Å². The smallest absolute Gasteiger partial charge is 0.164 e. The van der Waals surface area contributed by atoms with E-state index in [0.717, 1.165) is 71.7 Å². The second-order valence-electron chi connectivity index (χ2n) is 12.4. The number of hydrogen-bond donors (Lipinski definition) is 0. The minimum absolute atomic E-state index is 0.583. The highest BCUT2D eigenvalue weighted by Gasteiger charge is 2.19. The van der Waals surface area contributed by atoms with E-state index in [1.54, 1.807) is 0 Å². The number of rotatable bonds is 5. The van der Waals surface area contributed by atoms with Gasteiger partial charge in [-0.3, -0.25) is 0 Å². The third-order valence-corrected chi connectivity index (χ3v) is 9.37. The monoisotopic (exact) mass is 641 g/mol. The van der Waals surface area contributed by atoms with Crippen LogP contribution in [-0.2, 0) is 0 Å². The van der Waals surface area contributed by atoms with Crippen molar-refractivity contribution in [2.24, 2.45) is 0 Å². The average molecular weight is 642 g/mol. The van der Waals surface area contributed by atoms with Crippen molar-refractivity contribution in [1.29, 1.82) is 0 Å². The van der Waals surface area contributed by atoms with Crippen molar-refractivity contribution in [2.45, 2.75) is 0 Å². The summed E-state index contributed by atoms with van der Waals surface area (Å²) in [7, 11) is 0. The number of nitrogens with zero attached hydrogens (tertiary/aromatic N) is 3. The molecule has 7 aromatic carbocycles. The lowest BCUT2D eigenvalue weighted by Crippen LogP contribution is -2.00. The molecule has 0 amide bonds. The summed E-state index contributed by atoms with van der Waals surface area (Å²) in [4.78, 5) is 15.2. The Morgan fingerprint density at radius 1 is 0.300 bits per heavy atom. The Hall–Kier alpha value is -6.85. The molecule has 0 atom stereocenters. The van der Waals surface area contributed by atoms with Crippen LogP contribution < -0.4 is 0 Å². The van der Waals surface area contributed by atoms with E-state index >= 15 is 0 Å². The van der Waals surface area contributed by atoms with Crippen LogP contribution in [0.25, 0.3) is 100 Å². The lowest BCUT2D eigenvalue weighted by molar-refractivity contribution is 0.668. The fourth-order valence-electron chi connectivity index (χ4n) is 6.98. The van der Waals surface area contributed by atoms with Gasteiger partial charge in [0.25, 0.3) is 0 Å². The highest BCUT2D eigenvalue weighted by molar-refractivity contribution is 6.14. The molecule has 0 radical (unpaired) electrons. The summed E-state index contributed by atoms with van der Waals surface area (Å²) in [6, 6.07) is 55.8. The van der Waals surface area contributed by atoms with Crippen LogP contribution in [0.15, 0.2) is 173 Å². The number of benzene rings is 7. The quantitative estimate of drug-likeness (QED) is 0.187. The molecule has 0 unspecified atom stereocenters. The minimum Gasteiger partial charge on any atom is -0.456 e. The number of hydrogen-bond acceptors (Lipinski definition) is 5. The van der Waals surface area contributed by atoms with Crippen molar-refractivity contribution >= 4 is 43.9 Å². The van der Waals surface area contributed by atoms with Gasteiger partial charge in [-0.15, -0.1) is 0 Å². The second-order valence-corrected chi connectivity index (χ2v) is 12.4. The van der Waals surface area contributed by atoms with Gasteiger partial charge in [-0.25, -0.2) is 15.0 Å². The van der Waals surface area contributed by atoms with Crippen LogP contribution in [0.1, 0.15) is 0 Å². The summed E-state index contributed by atoms with van der Waals surface area (Å²) >= 11 is 0. The van der Waals surface area contributed by atoms with Crippen molar-refractivity contribution in [2.75, 3.05) is 0 Å². The Morgan fingerprint density at radius 3 is 1.54 bits per heavy atom. The SMILES string of the molecule is c1ccc(-c2ccc(-c3cccc4oc5ccc(-c6nc(-c7ccccc7)nc(-c7cccc8oc9ccccc9c78)n6)cc5c34)cc2)cc1. The Morgan fingerprint density at radius 2 is 0.800 bits per heavy atom. The first-order valence-corrected chi connectivity index (χ1v) is 16.6. The van der Waals surface area contributed by atoms with Gasteiger partial charge in [0, 0.05) is 38.2 Å². The van der Waals surface area contributed by atoms with E-state index in [4.69, 9.17) is 23.8 Å². The molecule has 3 heterocycles. The Labute approximate surface area is 287 Å². The van der Waals surface area contributed by atoms with Gasteiger partial charge in [0.2, 0.25) is 0 Å². The number of aromatic nitrogens is 3. The molecule has 0 saturated carbocycles. The molecule has 0 aliphatic heterocycles. The van der Waals surface area contributed by atoms with E-state index < -0.39 is 0 Å². The average Bonchev–Trinajstić information content (AvgIpc) is 3.77. The molecule has 0 saturated heterocycles. The van der Waals surface area contributed by atoms with Gasteiger partial charge < -0.3 is 8.83 Å². The molecular weight excluding hydrogens is 615 g/mol. The topological polar surface area (TPSA) is 65.0 Å². The third-order valence-electron chi connectivity index (χ3n) is 9.37. The van der Waals surface area contributed by atoms with Gasteiger partial charge in [-0.1, -0.05) is 127 Å². The predicted octanol–water partition coefficient (Wildman–Crippen LogP) is 12.0. The van der Waals surface area contributed by atoms with Gasteiger partial charge in [0.15, 0.2) is 17.5 Å². The first-order chi connectivity index (χ1) is 24.8. The van der Waals surface area contributed by atoms with Crippen LogP contribution in [0.5, 0.6) is 0 Å². The molecule has 0 aliphatic rings. The van der Waals surface area contributed by atoms with Crippen LogP contribution in [-0.4, -0.2) is 15.0 Å². The number of furan rings is 2. The summed E-state index contributed by atoms with van der Waals surface area (Å²) in [5.74, 6) is 1.77. The molecule has 0 spiro atoms. The molecule has 0 N–H and O–H groups in total. The van der Waals surface area contributed by atoms with Crippen LogP contribution in [0.3, 0.4) is 0 Å². The lowest BCUT2D eigenvalue weighted by atomic mass is 9.96. The van der Waals surface area contributed by atoms with E-state index in [1.807, 2.05) is 84.9 Å². The maximum Gasteiger partial charge on any atom is 0.164 e. The van der Waals surface area contributed by atoms with Crippen molar-refractivity contribution in [1.82, 2.24) is 15.0 Å². The summed E-state index contributed by atoms with van der Waals surface area (Å²) in [5, 5.41) is 4.07. The van der Waals surface area contributed by atoms with Gasteiger partial charge >= 0.3 is 0 Å². The number of para-hydroxylation sites is 1. The summed E-state index contributed by atoms with van der Waals surface area (Å²) in [6.07, 6.45) is 0. The fourth-order valence-corrected chi connectivity index (χ4v) is 6.98. The Bertz CT molecular complexity index is 2850. The van der Waals surface area contributed by atoms with E-state index in [0.29, 0.717) is 17.5 Å². The highest BCUT2D eigenvalue weighted by Crippen LogP contribution is 2.40. The molecule has 5 nitrogen and oxygen atoms in total. The normalized spacial score (nSPS) is 11.6. The molecule has 3 aromatic heterocycles. The van der Waals surface area contributed by atoms with Crippen molar-refractivity contribution in [3.05, 3.63) is 164 Å².